The van der Waals surface area contributed by atoms with Crippen molar-refractivity contribution in [3.63, 3.8) is 0 Å². The fourth-order valence-corrected chi connectivity index (χ4v) is 4.28. The molecule has 7 nitrogen and oxygen atoms in total. The standard InChI is InChI=1S/C22H29N3O4/c1-3-24(4-2)20(27)15-9-11-16(12-10-15)23-19(26)13-14-25-21(28)17-7-5-6-8-18(17)22(25)29/h9-12,17-18H,3-8,13-14H2,1-2H3,(H,23,26)/t17-,18+. The smallest absolute Gasteiger partial charge is 0.253 e. The maximum atomic E-state index is 12.5. The fraction of sp³-hybridized carbons (Fsp3) is 0.545. The average molecular weight is 399 g/mol. The number of carbonyl (C=O) groups excluding carboxylic acids is 4. The summed E-state index contributed by atoms with van der Waals surface area (Å²) in [7, 11) is 0. The quantitative estimate of drug-likeness (QED) is 0.714. The molecule has 1 heterocycles. The summed E-state index contributed by atoms with van der Waals surface area (Å²) in [5, 5.41) is 2.77. The van der Waals surface area contributed by atoms with Gasteiger partial charge in [-0.25, -0.2) is 0 Å². The van der Waals surface area contributed by atoms with E-state index >= 15 is 0 Å². The molecule has 0 bridgehead atoms. The fourth-order valence-electron chi connectivity index (χ4n) is 4.28. The van der Waals surface area contributed by atoms with Crippen molar-refractivity contribution in [2.45, 2.75) is 46.0 Å². The van der Waals surface area contributed by atoms with Gasteiger partial charge in [-0.15, -0.1) is 0 Å². The third-order valence-corrected chi connectivity index (χ3v) is 5.96. The lowest BCUT2D eigenvalue weighted by Gasteiger charge is -2.19. The van der Waals surface area contributed by atoms with Crippen molar-refractivity contribution in [2.24, 2.45) is 11.8 Å². The van der Waals surface area contributed by atoms with E-state index in [1.165, 1.54) is 4.90 Å². The van der Waals surface area contributed by atoms with E-state index in [1.54, 1.807) is 29.2 Å². The van der Waals surface area contributed by atoms with Crippen LogP contribution in [-0.2, 0) is 14.4 Å². The van der Waals surface area contributed by atoms with Crippen LogP contribution in [0, 0.1) is 11.8 Å². The van der Waals surface area contributed by atoms with Crippen LogP contribution >= 0.6 is 0 Å². The van der Waals surface area contributed by atoms with Crippen LogP contribution in [0.15, 0.2) is 24.3 Å². The Bertz CT molecular complexity index is 762. The lowest BCUT2D eigenvalue weighted by atomic mass is 9.81. The molecule has 2 atom stereocenters. The zero-order valence-corrected chi connectivity index (χ0v) is 17.1. The zero-order chi connectivity index (χ0) is 21.0. The number of anilines is 1. The number of rotatable bonds is 7. The Balaban J connectivity index is 1.53. The monoisotopic (exact) mass is 399 g/mol. The first-order valence-electron chi connectivity index (χ1n) is 10.5. The molecule has 29 heavy (non-hydrogen) atoms. The SMILES string of the molecule is CCN(CC)C(=O)c1ccc(NC(=O)CCN2C(=O)[C@H]3CCCC[C@H]3C2=O)cc1. The van der Waals surface area contributed by atoms with E-state index in [0.29, 0.717) is 24.3 Å². The van der Waals surface area contributed by atoms with Crippen LogP contribution in [0.4, 0.5) is 5.69 Å². The van der Waals surface area contributed by atoms with E-state index in [2.05, 4.69) is 5.32 Å². The molecule has 1 aliphatic carbocycles. The van der Waals surface area contributed by atoms with Crippen molar-refractivity contribution in [1.29, 1.82) is 0 Å². The van der Waals surface area contributed by atoms with E-state index in [4.69, 9.17) is 0 Å². The molecule has 4 amide bonds. The number of hydrogen-bond donors (Lipinski definition) is 1. The van der Waals surface area contributed by atoms with Crippen LogP contribution in [0.5, 0.6) is 0 Å². The first kappa shape index (κ1) is 21.0. The number of likely N-dealkylation sites (tertiary alicyclic amines) is 1. The Labute approximate surface area is 171 Å². The number of amides is 4. The number of fused-ring (bicyclic) bond motifs is 1. The van der Waals surface area contributed by atoms with E-state index in [9.17, 15) is 19.2 Å². The highest BCUT2D eigenvalue weighted by atomic mass is 16.2. The molecule has 1 N–H and O–H groups in total. The highest BCUT2D eigenvalue weighted by Crippen LogP contribution is 2.37. The van der Waals surface area contributed by atoms with Crippen LogP contribution in [0.3, 0.4) is 0 Å². The topological polar surface area (TPSA) is 86.8 Å². The van der Waals surface area contributed by atoms with Gasteiger partial charge in [0.15, 0.2) is 0 Å². The minimum Gasteiger partial charge on any atom is -0.339 e. The third-order valence-electron chi connectivity index (χ3n) is 5.96. The van der Waals surface area contributed by atoms with Crippen molar-refractivity contribution in [2.75, 3.05) is 25.0 Å². The number of nitrogens with one attached hydrogen (secondary N) is 1. The van der Waals surface area contributed by atoms with Crippen molar-refractivity contribution >= 4 is 29.3 Å². The maximum Gasteiger partial charge on any atom is 0.253 e. The van der Waals surface area contributed by atoms with Crippen molar-refractivity contribution in [3.05, 3.63) is 29.8 Å². The van der Waals surface area contributed by atoms with Gasteiger partial charge in [0, 0.05) is 37.3 Å². The van der Waals surface area contributed by atoms with Gasteiger partial charge in [-0.3, -0.25) is 24.1 Å². The summed E-state index contributed by atoms with van der Waals surface area (Å²) in [6, 6.07) is 6.76. The summed E-state index contributed by atoms with van der Waals surface area (Å²) in [6.07, 6.45) is 3.59. The van der Waals surface area contributed by atoms with Crippen LogP contribution in [0.25, 0.3) is 0 Å². The van der Waals surface area contributed by atoms with Gasteiger partial charge < -0.3 is 10.2 Å². The number of benzene rings is 1. The molecule has 2 fully saturated rings. The lowest BCUT2D eigenvalue weighted by molar-refractivity contribution is -0.140. The number of hydrogen-bond acceptors (Lipinski definition) is 4. The number of carbonyl (C=O) groups is 4. The summed E-state index contributed by atoms with van der Waals surface area (Å²) in [5.41, 5.74) is 1.15. The maximum absolute atomic E-state index is 12.5. The van der Waals surface area contributed by atoms with Gasteiger partial charge in [0.2, 0.25) is 17.7 Å². The first-order chi connectivity index (χ1) is 14.0. The lowest BCUT2D eigenvalue weighted by Crippen LogP contribution is -2.34. The molecule has 1 aromatic carbocycles. The molecule has 0 aromatic heterocycles. The van der Waals surface area contributed by atoms with Crippen molar-refractivity contribution in [1.82, 2.24) is 9.80 Å². The van der Waals surface area contributed by atoms with E-state index in [0.717, 1.165) is 25.7 Å². The molecule has 3 rings (SSSR count). The first-order valence-corrected chi connectivity index (χ1v) is 10.5. The van der Waals surface area contributed by atoms with Gasteiger partial charge in [0.25, 0.3) is 5.91 Å². The Morgan fingerprint density at radius 1 is 1.00 bits per heavy atom. The van der Waals surface area contributed by atoms with E-state index in [1.807, 2.05) is 13.8 Å². The highest BCUT2D eigenvalue weighted by Gasteiger charge is 2.47. The Morgan fingerprint density at radius 2 is 1.55 bits per heavy atom. The van der Waals surface area contributed by atoms with Gasteiger partial charge in [0.1, 0.15) is 0 Å². The van der Waals surface area contributed by atoms with Crippen molar-refractivity contribution < 1.29 is 19.2 Å². The molecule has 7 heteroatoms. The average Bonchev–Trinajstić information content (AvgIpc) is 2.98. The summed E-state index contributed by atoms with van der Waals surface area (Å²) in [6.45, 7) is 5.27. The highest BCUT2D eigenvalue weighted by molar-refractivity contribution is 6.05. The largest absolute Gasteiger partial charge is 0.339 e. The van der Waals surface area contributed by atoms with Gasteiger partial charge in [-0.1, -0.05) is 12.8 Å². The molecule has 0 spiro atoms. The summed E-state index contributed by atoms with van der Waals surface area (Å²) < 4.78 is 0. The molecular weight excluding hydrogens is 370 g/mol. The van der Waals surface area contributed by atoms with Crippen LogP contribution in [-0.4, -0.2) is 53.1 Å². The molecule has 2 aliphatic rings. The van der Waals surface area contributed by atoms with Crippen LogP contribution < -0.4 is 5.32 Å². The molecule has 1 aliphatic heterocycles. The van der Waals surface area contributed by atoms with Gasteiger partial charge in [-0.2, -0.15) is 0 Å². The molecule has 0 radical (unpaired) electrons. The van der Waals surface area contributed by atoms with Gasteiger partial charge in [-0.05, 0) is 51.0 Å². The van der Waals surface area contributed by atoms with Crippen molar-refractivity contribution in [3.8, 4) is 0 Å². The van der Waals surface area contributed by atoms with Crippen LogP contribution in [0.1, 0.15) is 56.3 Å². The zero-order valence-electron chi connectivity index (χ0n) is 17.1. The normalized spacial score (nSPS) is 21.1. The Hall–Kier alpha value is -2.70. The number of imide groups is 1. The summed E-state index contributed by atoms with van der Waals surface area (Å²) in [4.78, 5) is 52.5. The summed E-state index contributed by atoms with van der Waals surface area (Å²) in [5.74, 6) is -0.910. The molecule has 156 valence electrons. The molecule has 1 saturated carbocycles. The predicted molar refractivity (Wildman–Crippen MR) is 109 cm³/mol. The molecular formula is C22H29N3O4. The minimum atomic E-state index is -0.261. The van der Waals surface area contributed by atoms with Crippen LogP contribution in [0.2, 0.25) is 0 Å². The summed E-state index contributed by atoms with van der Waals surface area (Å²) >= 11 is 0. The molecule has 1 saturated heterocycles. The Kier molecular flexibility index (Phi) is 6.67. The van der Waals surface area contributed by atoms with E-state index < -0.39 is 0 Å². The third kappa shape index (κ3) is 4.49. The van der Waals surface area contributed by atoms with E-state index in [-0.39, 0.29) is 48.4 Å². The molecule has 1 aromatic rings. The second kappa shape index (κ2) is 9.20. The second-order valence-corrected chi connectivity index (χ2v) is 7.68. The molecule has 0 unspecified atom stereocenters. The van der Waals surface area contributed by atoms with Gasteiger partial charge >= 0.3 is 0 Å². The Morgan fingerprint density at radius 3 is 2.07 bits per heavy atom. The van der Waals surface area contributed by atoms with Gasteiger partial charge in [0.05, 0.1) is 11.8 Å². The number of nitrogens with zero attached hydrogens (tertiary/aromatic N) is 2. The predicted octanol–water partition coefficient (Wildman–Crippen LogP) is 2.67. The minimum absolute atomic E-state index is 0.0413. The second-order valence-electron chi connectivity index (χ2n) is 7.68.